The highest BCUT2D eigenvalue weighted by atomic mass is 16.5. The maximum absolute atomic E-state index is 5.79. The van der Waals surface area contributed by atoms with Gasteiger partial charge in [0.25, 0.3) is 0 Å². The first kappa shape index (κ1) is 18.8. The molecule has 0 aromatic heterocycles. The van der Waals surface area contributed by atoms with Crippen molar-refractivity contribution in [1.29, 1.82) is 0 Å². The molecule has 0 unspecified atom stereocenters. The minimum absolute atomic E-state index is 0.793. The highest BCUT2D eigenvalue weighted by Crippen LogP contribution is 2.15. The zero-order valence-corrected chi connectivity index (χ0v) is 15.1. The number of terminal acetylenes is 1. The summed E-state index contributed by atoms with van der Waals surface area (Å²) < 4.78 is 5.79. The van der Waals surface area contributed by atoms with E-state index in [4.69, 9.17) is 11.2 Å². The Morgan fingerprint density at radius 2 is 1.60 bits per heavy atom. The molecule has 0 atom stereocenters. The summed E-state index contributed by atoms with van der Waals surface area (Å²) >= 11 is 0. The normalized spacial score (nSPS) is 10.7. The Balaban J connectivity index is 1.73. The predicted octanol–water partition coefficient (Wildman–Crippen LogP) is 6.16. The zero-order valence-electron chi connectivity index (χ0n) is 15.1. The van der Waals surface area contributed by atoms with Gasteiger partial charge < -0.3 is 4.74 Å². The van der Waals surface area contributed by atoms with E-state index in [0.717, 1.165) is 35.6 Å². The third-order valence-corrected chi connectivity index (χ3v) is 4.04. The number of ether oxygens (including phenoxy) is 1. The minimum atomic E-state index is 0.793. The molecule has 0 spiro atoms. The number of hydrogen-bond acceptors (Lipinski definition) is 2. The second kappa shape index (κ2) is 11.1. The number of rotatable bonds is 10. The molecule has 2 nitrogen and oxygen atoms in total. The molecule has 0 radical (unpaired) electrons. The van der Waals surface area contributed by atoms with E-state index < -0.39 is 0 Å². The molecule has 0 aliphatic carbocycles. The first-order chi connectivity index (χ1) is 12.3. The molecule has 0 N–H and O–H groups in total. The Kier molecular flexibility index (Phi) is 8.35. The van der Waals surface area contributed by atoms with Gasteiger partial charge in [0.2, 0.25) is 0 Å². The lowest BCUT2D eigenvalue weighted by atomic mass is 10.1. The second-order valence-corrected chi connectivity index (χ2v) is 6.13. The van der Waals surface area contributed by atoms with Crippen molar-refractivity contribution in [3.8, 4) is 18.1 Å². The molecule has 0 heterocycles. The molecule has 0 fully saturated rings. The fraction of sp³-hybridized carbons (Fsp3) is 0.348. The Morgan fingerprint density at radius 3 is 2.28 bits per heavy atom. The van der Waals surface area contributed by atoms with E-state index in [1.165, 1.54) is 32.1 Å². The Hall–Kier alpha value is -2.53. The van der Waals surface area contributed by atoms with Gasteiger partial charge in [-0.15, -0.1) is 6.42 Å². The maximum Gasteiger partial charge on any atom is 0.119 e. The largest absolute Gasteiger partial charge is 0.494 e. The summed E-state index contributed by atoms with van der Waals surface area (Å²) in [6.45, 7) is 3.04. The SMILES string of the molecule is C#Cc1ccc(N=Cc2ccc(OCCCCCCCC)cc2)cc1. The van der Waals surface area contributed by atoms with Crippen molar-refractivity contribution in [2.45, 2.75) is 45.4 Å². The molecule has 2 heteroatoms. The van der Waals surface area contributed by atoms with Gasteiger partial charge in [-0.3, -0.25) is 4.99 Å². The van der Waals surface area contributed by atoms with Crippen molar-refractivity contribution >= 4 is 11.9 Å². The number of unbranched alkanes of at least 4 members (excludes halogenated alkanes) is 5. The number of aliphatic imine (C=N–C) groups is 1. The Labute approximate surface area is 152 Å². The van der Waals surface area contributed by atoms with E-state index in [0.29, 0.717) is 0 Å². The van der Waals surface area contributed by atoms with E-state index >= 15 is 0 Å². The molecular weight excluding hydrogens is 306 g/mol. The van der Waals surface area contributed by atoms with Gasteiger partial charge in [0.15, 0.2) is 0 Å². The first-order valence-corrected chi connectivity index (χ1v) is 9.15. The van der Waals surface area contributed by atoms with Crippen molar-refractivity contribution in [3.63, 3.8) is 0 Å². The minimum Gasteiger partial charge on any atom is -0.494 e. The summed E-state index contributed by atoms with van der Waals surface area (Å²) in [5.74, 6) is 3.52. The van der Waals surface area contributed by atoms with Gasteiger partial charge in [0.1, 0.15) is 5.75 Å². The van der Waals surface area contributed by atoms with Gasteiger partial charge in [-0.05, 0) is 60.5 Å². The van der Waals surface area contributed by atoms with E-state index in [1.807, 2.05) is 54.7 Å². The van der Waals surface area contributed by atoms with Crippen LogP contribution in [0.4, 0.5) is 5.69 Å². The van der Waals surface area contributed by atoms with Crippen LogP contribution in [-0.4, -0.2) is 12.8 Å². The standard InChI is InChI=1S/C23H27NO/c1-3-5-6-7-8-9-18-25-23-16-12-21(13-17-23)19-24-22-14-10-20(4-2)11-15-22/h2,10-17,19H,3,5-9,18H2,1H3. The molecular formula is C23H27NO. The van der Waals surface area contributed by atoms with E-state index in [9.17, 15) is 0 Å². The Morgan fingerprint density at radius 1 is 0.920 bits per heavy atom. The van der Waals surface area contributed by atoms with Crippen molar-refractivity contribution in [2.75, 3.05) is 6.61 Å². The topological polar surface area (TPSA) is 21.6 Å². The third kappa shape index (κ3) is 7.27. The Bertz CT molecular complexity index is 678. The van der Waals surface area contributed by atoms with Gasteiger partial charge in [-0.2, -0.15) is 0 Å². The molecule has 25 heavy (non-hydrogen) atoms. The van der Waals surface area contributed by atoms with E-state index in [1.54, 1.807) is 0 Å². The maximum atomic E-state index is 5.79. The van der Waals surface area contributed by atoms with Gasteiger partial charge in [0.05, 0.1) is 12.3 Å². The molecule has 2 aromatic carbocycles. The van der Waals surface area contributed by atoms with Crippen LogP contribution in [0.2, 0.25) is 0 Å². The average molecular weight is 333 g/mol. The lowest BCUT2D eigenvalue weighted by Crippen LogP contribution is -1.97. The molecule has 130 valence electrons. The van der Waals surface area contributed by atoms with Crippen LogP contribution < -0.4 is 4.74 Å². The predicted molar refractivity (Wildman–Crippen MR) is 107 cm³/mol. The van der Waals surface area contributed by atoms with Crippen LogP contribution in [0.3, 0.4) is 0 Å². The molecule has 0 aliphatic heterocycles. The number of benzene rings is 2. The summed E-state index contributed by atoms with van der Waals surface area (Å²) in [5, 5.41) is 0. The fourth-order valence-corrected chi connectivity index (χ4v) is 2.52. The molecule has 2 aromatic rings. The first-order valence-electron chi connectivity index (χ1n) is 9.15. The van der Waals surface area contributed by atoms with Gasteiger partial charge >= 0.3 is 0 Å². The summed E-state index contributed by atoms with van der Waals surface area (Å²) in [4.78, 5) is 4.46. The van der Waals surface area contributed by atoms with Crippen molar-refractivity contribution < 1.29 is 4.74 Å². The number of nitrogens with zero attached hydrogens (tertiary/aromatic N) is 1. The van der Waals surface area contributed by atoms with Crippen molar-refractivity contribution in [1.82, 2.24) is 0 Å². The van der Waals surface area contributed by atoms with Gasteiger partial charge in [0, 0.05) is 11.8 Å². The highest BCUT2D eigenvalue weighted by Gasteiger charge is 1.96. The van der Waals surface area contributed by atoms with Gasteiger partial charge in [-0.1, -0.05) is 44.9 Å². The summed E-state index contributed by atoms with van der Waals surface area (Å²) in [5.41, 5.74) is 2.81. The summed E-state index contributed by atoms with van der Waals surface area (Å²) in [6, 6.07) is 15.7. The summed E-state index contributed by atoms with van der Waals surface area (Å²) in [6.07, 6.45) is 14.9. The van der Waals surface area contributed by atoms with Crippen molar-refractivity contribution in [2.24, 2.45) is 4.99 Å². The molecule has 0 saturated heterocycles. The van der Waals surface area contributed by atoms with Crippen LogP contribution in [0.1, 0.15) is 56.6 Å². The number of hydrogen-bond donors (Lipinski definition) is 0. The van der Waals surface area contributed by atoms with E-state index in [2.05, 4.69) is 17.8 Å². The zero-order chi connectivity index (χ0) is 17.7. The van der Waals surface area contributed by atoms with Crippen LogP contribution >= 0.6 is 0 Å². The van der Waals surface area contributed by atoms with Crippen LogP contribution in [0.25, 0.3) is 0 Å². The molecule has 0 amide bonds. The van der Waals surface area contributed by atoms with Crippen LogP contribution in [-0.2, 0) is 0 Å². The molecule has 0 saturated carbocycles. The van der Waals surface area contributed by atoms with E-state index in [-0.39, 0.29) is 0 Å². The fourth-order valence-electron chi connectivity index (χ4n) is 2.52. The molecule has 0 aliphatic rings. The quantitative estimate of drug-likeness (QED) is 0.290. The molecule has 2 rings (SSSR count). The monoisotopic (exact) mass is 333 g/mol. The third-order valence-electron chi connectivity index (χ3n) is 4.04. The second-order valence-electron chi connectivity index (χ2n) is 6.13. The van der Waals surface area contributed by atoms with Crippen LogP contribution in [0.15, 0.2) is 53.5 Å². The van der Waals surface area contributed by atoms with Gasteiger partial charge in [-0.25, -0.2) is 0 Å². The van der Waals surface area contributed by atoms with Crippen LogP contribution in [0.5, 0.6) is 5.75 Å². The summed E-state index contributed by atoms with van der Waals surface area (Å²) in [7, 11) is 0. The molecule has 0 bridgehead atoms. The lowest BCUT2D eigenvalue weighted by molar-refractivity contribution is 0.304. The lowest BCUT2D eigenvalue weighted by Gasteiger charge is -2.06. The van der Waals surface area contributed by atoms with Crippen molar-refractivity contribution in [3.05, 3.63) is 59.7 Å². The highest BCUT2D eigenvalue weighted by molar-refractivity contribution is 5.82. The smallest absolute Gasteiger partial charge is 0.119 e. The van der Waals surface area contributed by atoms with Crippen LogP contribution in [0, 0.1) is 12.3 Å². The average Bonchev–Trinajstić information content (AvgIpc) is 2.67.